The van der Waals surface area contributed by atoms with Gasteiger partial charge in [-0.2, -0.15) is 0 Å². The zero-order valence-corrected chi connectivity index (χ0v) is 16.3. The maximum Gasteiger partial charge on any atom is 0.230 e. The minimum Gasteiger partial charge on any atom is -0.424 e. The first-order valence-corrected chi connectivity index (χ1v) is 9.75. The number of hydrogen-bond acceptors (Lipinski definition) is 5. The molecule has 1 unspecified atom stereocenters. The Hall–Kier alpha value is -3.06. The highest BCUT2D eigenvalue weighted by Gasteiger charge is 2.26. The highest BCUT2D eigenvalue weighted by atomic mass is 19.1. The summed E-state index contributed by atoms with van der Waals surface area (Å²) in [5, 5.41) is 10.9. The second kappa shape index (κ2) is 8.53. The number of benzene rings is 2. The number of amides is 1. The van der Waals surface area contributed by atoms with Crippen molar-refractivity contribution in [1.82, 2.24) is 15.1 Å². The Morgan fingerprint density at radius 1 is 1.21 bits per heavy atom. The van der Waals surface area contributed by atoms with Crippen LogP contribution in [0.1, 0.15) is 24.6 Å². The lowest BCUT2D eigenvalue weighted by atomic mass is 9.97. The van der Waals surface area contributed by atoms with E-state index in [0.717, 1.165) is 36.2 Å². The van der Waals surface area contributed by atoms with E-state index in [0.29, 0.717) is 24.9 Å². The van der Waals surface area contributed by atoms with Crippen molar-refractivity contribution in [3.8, 4) is 11.1 Å². The van der Waals surface area contributed by atoms with Crippen LogP contribution in [-0.4, -0.2) is 34.1 Å². The van der Waals surface area contributed by atoms with Crippen molar-refractivity contribution in [1.29, 1.82) is 0 Å². The van der Waals surface area contributed by atoms with Gasteiger partial charge in [-0.05, 0) is 54.8 Å². The number of nitrogens with one attached hydrogen (secondary N) is 1. The van der Waals surface area contributed by atoms with Crippen molar-refractivity contribution >= 4 is 11.6 Å². The summed E-state index contributed by atoms with van der Waals surface area (Å²) in [6.45, 7) is 3.89. The van der Waals surface area contributed by atoms with Gasteiger partial charge in [0.15, 0.2) is 0 Å². The van der Waals surface area contributed by atoms with Gasteiger partial charge in [-0.25, -0.2) is 4.39 Å². The molecule has 1 fully saturated rings. The van der Waals surface area contributed by atoms with E-state index < -0.39 is 0 Å². The number of carbonyl (C=O) groups excluding carboxylic acids is 1. The Morgan fingerprint density at radius 2 is 2.03 bits per heavy atom. The number of rotatable bonds is 5. The van der Waals surface area contributed by atoms with Crippen LogP contribution in [0.5, 0.6) is 0 Å². The van der Waals surface area contributed by atoms with Crippen LogP contribution in [0.4, 0.5) is 10.1 Å². The van der Waals surface area contributed by atoms with Gasteiger partial charge in [0.1, 0.15) is 5.82 Å². The molecule has 7 heteroatoms. The van der Waals surface area contributed by atoms with Crippen LogP contribution >= 0.6 is 0 Å². The molecule has 29 heavy (non-hydrogen) atoms. The van der Waals surface area contributed by atoms with E-state index in [4.69, 9.17) is 4.42 Å². The van der Waals surface area contributed by atoms with Crippen LogP contribution in [0, 0.1) is 18.7 Å². The van der Waals surface area contributed by atoms with E-state index in [1.807, 2.05) is 24.3 Å². The Balaban J connectivity index is 1.39. The van der Waals surface area contributed by atoms with Gasteiger partial charge >= 0.3 is 0 Å². The zero-order chi connectivity index (χ0) is 20.2. The molecule has 1 N–H and O–H groups in total. The third kappa shape index (κ3) is 4.86. The molecule has 0 bridgehead atoms. The lowest BCUT2D eigenvalue weighted by Crippen LogP contribution is -2.40. The number of hydrogen-bond donors (Lipinski definition) is 1. The fourth-order valence-corrected chi connectivity index (χ4v) is 3.67. The molecular weight excluding hydrogens is 371 g/mol. The van der Waals surface area contributed by atoms with Gasteiger partial charge in [0, 0.05) is 19.2 Å². The van der Waals surface area contributed by atoms with Crippen molar-refractivity contribution < 1.29 is 13.6 Å². The smallest absolute Gasteiger partial charge is 0.230 e. The normalized spacial score (nSPS) is 17.2. The summed E-state index contributed by atoms with van der Waals surface area (Å²) < 4.78 is 18.6. The predicted octanol–water partition coefficient (Wildman–Crippen LogP) is 4.03. The van der Waals surface area contributed by atoms with Crippen LogP contribution in [0.3, 0.4) is 0 Å². The minimum absolute atomic E-state index is 0.00710. The number of nitrogens with zero attached hydrogens (tertiary/aromatic N) is 3. The molecule has 1 atom stereocenters. The second-order valence-corrected chi connectivity index (χ2v) is 7.37. The first kappa shape index (κ1) is 19.3. The molecule has 1 aromatic heterocycles. The van der Waals surface area contributed by atoms with Crippen molar-refractivity contribution in [3.63, 3.8) is 0 Å². The van der Waals surface area contributed by atoms with E-state index in [2.05, 4.69) is 20.4 Å². The number of piperidine rings is 1. The second-order valence-electron chi connectivity index (χ2n) is 7.37. The number of aromatic nitrogens is 2. The highest BCUT2D eigenvalue weighted by Crippen LogP contribution is 2.25. The lowest BCUT2D eigenvalue weighted by Gasteiger charge is -2.30. The molecule has 6 nitrogen and oxygen atoms in total. The molecule has 150 valence electrons. The SMILES string of the molecule is Cc1nnc(CN2CCCC(C(=O)Nc3cccc(-c4ccc(F)cc4)c3)C2)o1. The zero-order valence-electron chi connectivity index (χ0n) is 16.3. The monoisotopic (exact) mass is 394 g/mol. The van der Waals surface area contributed by atoms with E-state index in [1.165, 1.54) is 12.1 Å². The Labute approximate surface area is 168 Å². The van der Waals surface area contributed by atoms with Crippen molar-refractivity contribution in [2.75, 3.05) is 18.4 Å². The molecule has 4 rings (SSSR count). The van der Waals surface area contributed by atoms with Crippen molar-refractivity contribution in [2.24, 2.45) is 5.92 Å². The molecule has 2 heterocycles. The molecule has 0 aliphatic carbocycles. The minimum atomic E-state index is -0.268. The largest absolute Gasteiger partial charge is 0.424 e. The molecule has 1 aliphatic heterocycles. The van der Waals surface area contributed by atoms with Crippen LogP contribution < -0.4 is 5.32 Å². The predicted molar refractivity (Wildman–Crippen MR) is 108 cm³/mol. The van der Waals surface area contributed by atoms with Gasteiger partial charge < -0.3 is 9.73 Å². The quantitative estimate of drug-likeness (QED) is 0.707. The van der Waals surface area contributed by atoms with Gasteiger partial charge in [0.2, 0.25) is 17.7 Å². The molecular formula is C22H23FN4O2. The van der Waals surface area contributed by atoms with Gasteiger partial charge in [-0.1, -0.05) is 24.3 Å². The van der Waals surface area contributed by atoms with E-state index >= 15 is 0 Å². The third-order valence-electron chi connectivity index (χ3n) is 5.11. The average Bonchev–Trinajstić information content (AvgIpc) is 3.13. The van der Waals surface area contributed by atoms with Gasteiger partial charge in [-0.15, -0.1) is 10.2 Å². The standard InChI is InChI=1S/C22H23FN4O2/c1-15-25-26-21(29-15)14-27-11-3-5-18(13-27)22(28)24-20-6-2-4-17(12-20)16-7-9-19(23)10-8-16/h2,4,6-10,12,18H,3,5,11,13-14H2,1H3,(H,24,28). The van der Waals surface area contributed by atoms with Crippen LogP contribution in [0.25, 0.3) is 11.1 Å². The molecule has 3 aromatic rings. The van der Waals surface area contributed by atoms with Gasteiger partial charge in [0.25, 0.3) is 0 Å². The fraction of sp³-hybridized carbons (Fsp3) is 0.318. The molecule has 0 saturated carbocycles. The molecule has 0 radical (unpaired) electrons. The highest BCUT2D eigenvalue weighted by molar-refractivity contribution is 5.93. The first-order valence-electron chi connectivity index (χ1n) is 9.75. The van der Waals surface area contributed by atoms with Gasteiger partial charge in [0.05, 0.1) is 12.5 Å². The number of halogens is 1. The van der Waals surface area contributed by atoms with Crippen molar-refractivity contribution in [3.05, 3.63) is 66.1 Å². The van der Waals surface area contributed by atoms with E-state index in [9.17, 15) is 9.18 Å². The number of anilines is 1. The third-order valence-corrected chi connectivity index (χ3v) is 5.11. The van der Waals surface area contributed by atoms with Crippen LogP contribution in [-0.2, 0) is 11.3 Å². The first-order chi connectivity index (χ1) is 14.1. The molecule has 0 spiro atoms. The summed E-state index contributed by atoms with van der Waals surface area (Å²) in [4.78, 5) is 15.0. The van der Waals surface area contributed by atoms with E-state index in [-0.39, 0.29) is 17.6 Å². The summed E-state index contributed by atoms with van der Waals surface area (Å²) in [5.74, 6) is 0.772. The topological polar surface area (TPSA) is 71.3 Å². The molecule has 1 saturated heterocycles. The summed E-state index contributed by atoms with van der Waals surface area (Å²) in [7, 11) is 0. The summed E-state index contributed by atoms with van der Waals surface area (Å²) >= 11 is 0. The molecule has 1 aliphatic rings. The fourth-order valence-electron chi connectivity index (χ4n) is 3.67. The van der Waals surface area contributed by atoms with Crippen molar-refractivity contribution in [2.45, 2.75) is 26.3 Å². The number of likely N-dealkylation sites (tertiary alicyclic amines) is 1. The average molecular weight is 394 g/mol. The van der Waals surface area contributed by atoms with Crippen LogP contribution in [0.2, 0.25) is 0 Å². The summed E-state index contributed by atoms with van der Waals surface area (Å²) in [6.07, 6.45) is 1.80. The molecule has 2 aromatic carbocycles. The molecule has 1 amide bonds. The summed E-state index contributed by atoms with van der Waals surface area (Å²) in [6, 6.07) is 13.9. The lowest BCUT2D eigenvalue weighted by molar-refractivity contribution is -0.121. The van der Waals surface area contributed by atoms with E-state index in [1.54, 1.807) is 19.1 Å². The van der Waals surface area contributed by atoms with Gasteiger partial charge in [-0.3, -0.25) is 9.69 Å². The summed E-state index contributed by atoms with van der Waals surface area (Å²) in [5.41, 5.74) is 2.57. The Morgan fingerprint density at radius 3 is 2.79 bits per heavy atom. The number of aryl methyl sites for hydroxylation is 1. The maximum atomic E-state index is 13.2. The number of carbonyl (C=O) groups is 1. The van der Waals surface area contributed by atoms with Crippen LogP contribution in [0.15, 0.2) is 52.9 Å². The Bertz CT molecular complexity index is 986. The maximum absolute atomic E-state index is 13.2. The Kier molecular flexibility index (Phi) is 5.67.